The van der Waals surface area contributed by atoms with Crippen molar-refractivity contribution in [3.8, 4) is 0 Å². The summed E-state index contributed by atoms with van der Waals surface area (Å²) in [7, 11) is 3.62. The number of carbonyl (C=O) groups is 3. The van der Waals surface area contributed by atoms with Gasteiger partial charge in [-0.25, -0.2) is 0 Å². The lowest BCUT2D eigenvalue weighted by Gasteiger charge is -2.32. The van der Waals surface area contributed by atoms with E-state index in [0.29, 0.717) is 42.5 Å². The molecule has 1 fully saturated rings. The Kier molecular flexibility index (Phi) is 8.03. The molecule has 2 heterocycles. The first-order valence-electron chi connectivity index (χ1n) is 10.5. The number of aliphatic hydroxyl groups excluding tert-OH is 1. The van der Waals surface area contributed by atoms with E-state index in [-0.39, 0.29) is 24.6 Å². The van der Waals surface area contributed by atoms with Gasteiger partial charge in [0.05, 0.1) is 22.2 Å². The fourth-order valence-electron chi connectivity index (χ4n) is 3.82. The van der Waals surface area contributed by atoms with Crippen LogP contribution in [0.5, 0.6) is 0 Å². The normalized spacial score (nSPS) is 17.3. The summed E-state index contributed by atoms with van der Waals surface area (Å²) in [5.74, 6) is -1.47. The predicted octanol–water partition coefficient (Wildman–Crippen LogP) is 2.16. The topological polar surface area (TPSA) is 84.4 Å². The van der Waals surface area contributed by atoms with Crippen molar-refractivity contribution in [1.29, 1.82) is 0 Å². The third-order valence-corrected chi connectivity index (χ3v) is 6.55. The molecule has 174 valence electrons. The second-order valence-corrected chi connectivity index (χ2v) is 9.07. The summed E-state index contributed by atoms with van der Waals surface area (Å²) in [6.45, 7) is 3.72. The zero-order valence-electron chi connectivity index (χ0n) is 18.3. The van der Waals surface area contributed by atoms with Crippen LogP contribution >= 0.6 is 23.2 Å². The molecule has 0 unspecified atom stereocenters. The van der Waals surface area contributed by atoms with Gasteiger partial charge in [-0.3, -0.25) is 14.4 Å². The molecule has 8 nitrogen and oxygen atoms in total. The first-order valence-corrected chi connectivity index (χ1v) is 11.3. The first-order chi connectivity index (χ1) is 15.2. The number of benzene rings is 1. The first kappa shape index (κ1) is 24.4. The number of halogens is 2. The molecule has 1 aromatic rings. The summed E-state index contributed by atoms with van der Waals surface area (Å²) in [4.78, 5) is 44.5. The predicted molar refractivity (Wildman–Crippen MR) is 122 cm³/mol. The maximum Gasteiger partial charge on any atom is 0.289 e. The molecular weight excluding hydrogens is 455 g/mol. The number of hydrogen-bond donors (Lipinski definition) is 1. The quantitative estimate of drug-likeness (QED) is 0.643. The van der Waals surface area contributed by atoms with Crippen LogP contribution in [0.3, 0.4) is 0 Å². The van der Waals surface area contributed by atoms with Gasteiger partial charge in [-0.2, -0.15) is 0 Å². The van der Waals surface area contributed by atoms with E-state index in [0.717, 1.165) is 18.7 Å². The molecule has 2 aliphatic heterocycles. The zero-order chi connectivity index (χ0) is 23.4. The minimum atomic E-state index is -0.580. The summed E-state index contributed by atoms with van der Waals surface area (Å²) in [5, 5.41) is 11.1. The highest BCUT2D eigenvalue weighted by atomic mass is 35.5. The summed E-state index contributed by atoms with van der Waals surface area (Å²) in [5.41, 5.74) is 0.835. The van der Waals surface area contributed by atoms with Crippen molar-refractivity contribution in [1.82, 2.24) is 19.6 Å². The number of aliphatic hydroxyl groups is 1. The molecule has 0 atom stereocenters. The molecule has 3 rings (SSSR count). The van der Waals surface area contributed by atoms with Crippen LogP contribution in [0, 0.1) is 0 Å². The summed E-state index contributed by atoms with van der Waals surface area (Å²) >= 11 is 12.0. The van der Waals surface area contributed by atoms with Crippen molar-refractivity contribution in [2.45, 2.75) is 19.4 Å². The second-order valence-electron chi connectivity index (χ2n) is 8.25. The van der Waals surface area contributed by atoms with Crippen molar-refractivity contribution in [2.75, 3.05) is 53.4 Å². The Morgan fingerprint density at radius 2 is 1.81 bits per heavy atom. The maximum absolute atomic E-state index is 12.8. The molecule has 3 amide bonds. The maximum atomic E-state index is 12.8. The van der Waals surface area contributed by atoms with Gasteiger partial charge in [0.1, 0.15) is 0 Å². The lowest BCUT2D eigenvalue weighted by Crippen LogP contribution is -2.47. The number of amides is 3. The Balaban J connectivity index is 1.50. The van der Waals surface area contributed by atoms with Gasteiger partial charge in [0.15, 0.2) is 5.76 Å². The third kappa shape index (κ3) is 5.74. The molecule has 1 aromatic carbocycles. The fourth-order valence-corrected chi connectivity index (χ4v) is 4.14. The van der Waals surface area contributed by atoms with E-state index in [1.807, 2.05) is 11.9 Å². The number of nitrogens with zero attached hydrogens (tertiary/aromatic N) is 4. The van der Waals surface area contributed by atoms with Gasteiger partial charge >= 0.3 is 0 Å². The van der Waals surface area contributed by atoms with Crippen LogP contribution in [0.1, 0.15) is 18.4 Å². The van der Waals surface area contributed by atoms with Crippen molar-refractivity contribution in [2.24, 2.45) is 0 Å². The lowest BCUT2D eigenvalue weighted by molar-refractivity contribution is -0.134. The number of carbonyl (C=O) groups excluding carboxylic acids is 3. The van der Waals surface area contributed by atoms with Crippen molar-refractivity contribution in [3.05, 3.63) is 45.1 Å². The highest BCUT2D eigenvalue weighted by Gasteiger charge is 2.35. The minimum Gasteiger partial charge on any atom is -0.503 e. The smallest absolute Gasteiger partial charge is 0.289 e. The van der Waals surface area contributed by atoms with Crippen molar-refractivity contribution in [3.63, 3.8) is 0 Å². The highest BCUT2D eigenvalue weighted by molar-refractivity contribution is 6.42. The Labute approximate surface area is 197 Å². The van der Waals surface area contributed by atoms with Crippen molar-refractivity contribution < 1.29 is 19.5 Å². The molecule has 2 aliphatic rings. The standard InChI is InChI=1S/C22H28Cl2N4O4/c1-25-8-10-27(11-9-25)19(29)4-3-7-28-14-16(20(30)22(28)32)21(31)26(2)13-15-5-6-17(23)18(24)12-15/h5-6,12,30H,3-4,7-11,13-14H2,1-2H3. The van der Waals surface area contributed by atoms with Gasteiger partial charge in [-0.05, 0) is 31.2 Å². The molecule has 0 spiro atoms. The van der Waals surface area contributed by atoms with E-state index >= 15 is 0 Å². The molecule has 1 N–H and O–H groups in total. The molecule has 1 saturated heterocycles. The van der Waals surface area contributed by atoms with E-state index in [1.54, 1.807) is 25.2 Å². The van der Waals surface area contributed by atoms with Gasteiger partial charge < -0.3 is 24.7 Å². The largest absolute Gasteiger partial charge is 0.503 e. The molecule has 0 aliphatic carbocycles. The highest BCUT2D eigenvalue weighted by Crippen LogP contribution is 2.24. The van der Waals surface area contributed by atoms with Gasteiger partial charge in [0.2, 0.25) is 5.91 Å². The Morgan fingerprint density at radius 3 is 2.47 bits per heavy atom. The monoisotopic (exact) mass is 482 g/mol. The van der Waals surface area contributed by atoms with Gasteiger partial charge in [-0.1, -0.05) is 29.3 Å². The average Bonchev–Trinajstić information content (AvgIpc) is 3.04. The molecular formula is C22H28Cl2N4O4. The molecule has 0 saturated carbocycles. The molecule has 0 radical (unpaired) electrons. The summed E-state index contributed by atoms with van der Waals surface area (Å²) in [6.07, 6.45) is 0.805. The lowest BCUT2D eigenvalue weighted by atomic mass is 10.2. The molecule has 32 heavy (non-hydrogen) atoms. The Morgan fingerprint density at radius 1 is 1.12 bits per heavy atom. The average molecular weight is 483 g/mol. The summed E-state index contributed by atoms with van der Waals surface area (Å²) in [6, 6.07) is 5.08. The number of rotatable bonds is 7. The van der Waals surface area contributed by atoms with Crippen LogP contribution in [-0.2, 0) is 20.9 Å². The van der Waals surface area contributed by atoms with E-state index < -0.39 is 17.6 Å². The SMILES string of the molecule is CN1CCN(C(=O)CCCN2CC(C(=O)N(C)Cc3ccc(Cl)c(Cl)c3)=C(O)C2=O)CC1. The van der Waals surface area contributed by atoms with Crippen LogP contribution in [0.4, 0.5) is 0 Å². The van der Waals surface area contributed by atoms with Gasteiger partial charge in [-0.15, -0.1) is 0 Å². The van der Waals surface area contributed by atoms with E-state index in [1.165, 1.54) is 9.80 Å². The minimum absolute atomic E-state index is 0.0257. The van der Waals surface area contributed by atoms with E-state index in [4.69, 9.17) is 23.2 Å². The van der Waals surface area contributed by atoms with E-state index in [9.17, 15) is 19.5 Å². The second kappa shape index (κ2) is 10.6. The fraction of sp³-hybridized carbons (Fsp3) is 0.500. The number of likely N-dealkylation sites (N-methyl/N-ethyl adjacent to an activating group) is 2. The van der Waals surface area contributed by atoms with Crippen LogP contribution in [0.2, 0.25) is 10.0 Å². The zero-order valence-corrected chi connectivity index (χ0v) is 19.8. The van der Waals surface area contributed by atoms with Gasteiger partial charge in [0, 0.05) is 52.7 Å². The molecule has 10 heteroatoms. The number of hydrogen-bond acceptors (Lipinski definition) is 5. The third-order valence-electron chi connectivity index (χ3n) is 5.81. The van der Waals surface area contributed by atoms with Crippen molar-refractivity contribution >= 4 is 40.9 Å². The van der Waals surface area contributed by atoms with E-state index in [2.05, 4.69) is 4.90 Å². The van der Waals surface area contributed by atoms with Crippen LogP contribution in [0.15, 0.2) is 29.5 Å². The van der Waals surface area contributed by atoms with Crippen LogP contribution < -0.4 is 0 Å². The summed E-state index contributed by atoms with van der Waals surface area (Å²) < 4.78 is 0. The van der Waals surface area contributed by atoms with Gasteiger partial charge in [0.25, 0.3) is 11.8 Å². The molecule has 0 aromatic heterocycles. The molecule has 0 bridgehead atoms. The Bertz CT molecular complexity index is 929. The Hall–Kier alpha value is -2.29. The number of piperazine rings is 1. The van der Waals surface area contributed by atoms with Crippen LogP contribution in [0.25, 0.3) is 0 Å². The van der Waals surface area contributed by atoms with Crippen LogP contribution in [-0.4, -0.2) is 95.8 Å².